The standard InChI is InChI=1S/C22H18FN3O4/c1-13-4-6-15(16(23)11-13)22(8-10-30-18-3-2-9-24-19(18)22)26-20(27)17-7-5-14(12-25-17)21(28)29/h2-7,9,11-12H,8,10H2,1H3,(H,26,27)(H,28,29)/t22-/m0/s1. The van der Waals surface area contributed by atoms with Gasteiger partial charge in [0, 0.05) is 24.4 Å². The highest BCUT2D eigenvalue weighted by atomic mass is 19.1. The van der Waals surface area contributed by atoms with Gasteiger partial charge in [-0.3, -0.25) is 14.8 Å². The van der Waals surface area contributed by atoms with E-state index in [1.165, 1.54) is 18.2 Å². The van der Waals surface area contributed by atoms with E-state index in [9.17, 15) is 9.59 Å². The molecule has 30 heavy (non-hydrogen) atoms. The summed E-state index contributed by atoms with van der Waals surface area (Å²) in [6.07, 6.45) is 2.92. The van der Waals surface area contributed by atoms with Crippen molar-refractivity contribution < 1.29 is 23.8 Å². The van der Waals surface area contributed by atoms with E-state index in [4.69, 9.17) is 9.84 Å². The van der Waals surface area contributed by atoms with Gasteiger partial charge in [-0.05, 0) is 42.8 Å². The zero-order valence-electron chi connectivity index (χ0n) is 16.1. The van der Waals surface area contributed by atoms with Crippen LogP contribution in [0.4, 0.5) is 4.39 Å². The molecule has 1 atom stereocenters. The Kier molecular flexibility index (Phi) is 4.91. The summed E-state index contributed by atoms with van der Waals surface area (Å²) in [4.78, 5) is 32.4. The van der Waals surface area contributed by atoms with Crippen LogP contribution in [0, 0.1) is 12.7 Å². The van der Waals surface area contributed by atoms with Gasteiger partial charge in [-0.25, -0.2) is 9.18 Å². The van der Waals surface area contributed by atoms with Gasteiger partial charge in [0.2, 0.25) is 0 Å². The molecule has 1 amide bonds. The predicted molar refractivity (Wildman–Crippen MR) is 105 cm³/mol. The van der Waals surface area contributed by atoms with Crippen molar-refractivity contribution in [3.63, 3.8) is 0 Å². The third kappa shape index (κ3) is 3.36. The minimum absolute atomic E-state index is 0.0101. The van der Waals surface area contributed by atoms with Crippen LogP contribution in [-0.4, -0.2) is 33.6 Å². The first-order chi connectivity index (χ1) is 14.4. The number of carbonyl (C=O) groups excluding carboxylic acids is 1. The van der Waals surface area contributed by atoms with E-state index in [0.717, 1.165) is 11.8 Å². The zero-order chi connectivity index (χ0) is 21.3. The van der Waals surface area contributed by atoms with Crippen LogP contribution in [0.3, 0.4) is 0 Å². The number of aromatic nitrogens is 2. The second-order valence-corrected chi connectivity index (χ2v) is 7.03. The number of ether oxygens (including phenoxy) is 1. The number of rotatable bonds is 4. The smallest absolute Gasteiger partial charge is 0.337 e. The Hall–Kier alpha value is -3.81. The highest BCUT2D eigenvalue weighted by Gasteiger charge is 2.44. The highest BCUT2D eigenvalue weighted by molar-refractivity contribution is 5.94. The fourth-order valence-electron chi connectivity index (χ4n) is 3.59. The molecule has 7 nitrogen and oxygen atoms in total. The number of carboxylic acid groups (broad SMARTS) is 1. The molecule has 0 bridgehead atoms. The van der Waals surface area contributed by atoms with Crippen LogP contribution >= 0.6 is 0 Å². The van der Waals surface area contributed by atoms with Crippen molar-refractivity contribution in [1.82, 2.24) is 15.3 Å². The fourth-order valence-corrected chi connectivity index (χ4v) is 3.59. The van der Waals surface area contributed by atoms with Crippen molar-refractivity contribution in [3.8, 4) is 5.75 Å². The molecule has 3 heterocycles. The largest absolute Gasteiger partial charge is 0.491 e. The Bertz CT molecular complexity index is 1130. The molecular weight excluding hydrogens is 389 g/mol. The Morgan fingerprint density at radius 2 is 2.03 bits per heavy atom. The zero-order valence-corrected chi connectivity index (χ0v) is 16.1. The number of carboxylic acids is 1. The van der Waals surface area contributed by atoms with Crippen LogP contribution in [0.1, 0.15) is 44.1 Å². The molecule has 0 saturated carbocycles. The van der Waals surface area contributed by atoms with E-state index in [1.54, 1.807) is 37.4 Å². The molecule has 2 aromatic heterocycles. The number of hydrogen-bond donors (Lipinski definition) is 2. The number of carbonyl (C=O) groups is 2. The topological polar surface area (TPSA) is 101 Å². The molecule has 0 unspecified atom stereocenters. The SMILES string of the molecule is Cc1ccc([C@@]2(NC(=O)c3ccc(C(=O)O)cn3)CCOc3cccnc32)c(F)c1. The maximum atomic E-state index is 15.1. The molecule has 0 radical (unpaired) electrons. The van der Waals surface area contributed by atoms with Gasteiger partial charge in [0.25, 0.3) is 5.91 Å². The lowest BCUT2D eigenvalue weighted by Crippen LogP contribution is -2.51. The summed E-state index contributed by atoms with van der Waals surface area (Å²) in [5.41, 5.74) is 0.120. The van der Waals surface area contributed by atoms with Crippen LogP contribution in [0.2, 0.25) is 0 Å². The van der Waals surface area contributed by atoms with Gasteiger partial charge in [0.05, 0.1) is 12.2 Å². The van der Waals surface area contributed by atoms with E-state index in [1.807, 2.05) is 0 Å². The number of fused-ring (bicyclic) bond motifs is 1. The van der Waals surface area contributed by atoms with Crippen LogP contribution in [-0.2, 0) is 5.54 Å². The molecule has 0 spiro atoms. The first kappa shape index (κ1) is 19.5. The van der Waals surface area contributed by atoms with Gasteiger partial charge in [-0.1, -0.05) is 12.1 Å². The molecular formula is C22H18FN3O4. The third-order valence-corrected chi connectivity index (χ3v) is 5.06. The lowest BCUT2D eigenvalue weighted by atomic mass is 9.80. The Morgan fingerprint density at radius 1 is 1.20 bits per heavy atom. The molecule has 1 aliphatic rings. The summed E-state index contributed by atoms with van der Waals surface area (Å²) >= 11 is 0. The first-order valence-electron chi connectivity index (χ1n) is 9.27. The van der Waals surface area contributed by atoms with E-state index >= 15 is 4.39 Å². The average Bonchev–Trinajstić information content (AvgIpc) is 2.74. The number of nitrogens with one attached hydrogen (secondary N) is 1. The Labute approximate surface area is 171 Å². The number of pyridine rings is 2. The molecule has 0 fully saturated rings. The summed E-state index contributed by atoms with van der Waals surface area (Å²) in [5, 5.41) is 11.9. The van der Waals surface area contributed by atoms with Crippen LogP contribution in [0.15, 0.2) is 54.9 Å². The second kappa shape index (κ2) is 7.55. The van der Waals surface area contributed by atoms with Crippen molar-refractivity contribution in [2.45, 2.75) is 18.9 Å². The summed E-state index contributed by atoms with van der Waals surface area (Å²) in [6, 6.07) is 10.8. The van der Waals surface area contributed by atoms with E-state index < -0.39 is 23.2 Å². The van der Waals surface area contributed by atoms with Crippen molar-refractivity contribution in [2.75, 3.05) is 6.61 Å². The first-order valence-corrected chi connectivity index (χ1v) is 9.27. The predicted octanol–water partition coefficient (Wildman–Crippen LogP) is 3.08. The molecule has 1 aromatic carbocycles. The summed E-state index contributed by atoms with van der Waals surface area (Å²) < 4.78 is 20.7. The van der Waals surface area contributed by atoms with Crippen molar-refractivity contribution in [3.05, 3.63) is 88.8 Å². The van der Waals surface area contributed by atoms with Crippen LogP contribution < -0.4 is 10.1 Å². The third-order valence-electron chi connectivity index (χ3n) is 5.06. The molecule has 8 heteroatoms. The van der Waals surface area contributed by atoms with Gasteiger partial charge < -0.3 is 15.2 Å². The van der Waals surface area contributed by atoms with Gasteiger partial charge in [0.1, 0.15) is 28.5 Å². The number of aryl methyl sites for hydroxylation is 1. The van der Waals surface area contributed by atoms with Gasteiger partial charge in [0.15, 0.2) is 0 Å². The average molecular weight is 407 g/mol. The Balaban J connectivity index is 1.81. The lowest BCUT2D eigenvalue weighted by Gasteiger charge is -2.39. The van der Waals surface area contributed by atoms with Gasteiger partial charge >= 0.3 is 5.97 Å². The summed E-state index contributed by atoms with van der Waals surface area (Å²) in [7, 11) is 0. The summed E-state index contributed by atoms with van der Waals surface area (Å²) in [5.74, 6) is -1.73. The summed E-state index contributed by atoms with van der Waals surface area (Å²) in [6.45, 7) is 2.03. The van der Waals surface area contributed by atoms with E-state index in [0.29, 0.717) is 11.4 Å². The number of amides is 1. The molecule has 0 aliphatic carbocycles. The minimum atomic E-state index is -1.27. The minimum Gasteiger partial charge on any atom is -0.491 e. The number of hydrogen-bond acceptors (Lipinski definition) is 5. The maximum absolute atomic E-state index is 15.1. The van der Waals surface area contributed by atoms with Crippen LogP contribution in [0.5, 0.6) is 5.75 Å². The van der Waals surface area contributed by atoms with Gasteiger partial charge in [-0.2, -0.15) is 0 Å². The quantitative estimate of drug-likeness (QED) is 0.689. The number of halogens is 1. The van der Waals surface area contributed by atoms with E-state index in [-0.39, 0.29) is 29.8 Å². The van der Waals surface area contributed by atoms with Crippen LogP contribution in [0.25, 0.3) is 0 Å². The number of nitrogens with zero attached hydrogens (tertiary/aromatic N) is 2. The maximum Gasteiger partial charge on any atom is 0.337 e. The molecule has 152 valence electrons. The van der Waals surface area contributed by atoms with Crippen molar-refractivity contribution >= 4 is 11.9 Å². The van der Waals surface area contributed by atoms with Gasteiger partial charge in [-0.15, -0.1) is 0 Å². The second-order valence-electron chi connectivity index (χ2n) is 7.03. The monoisotopic (exact) mass is 407 g/mol. The normalized spacial score (nSPS) is 17.5. The lowest BCUT2D eigenvalue weighted by molar-refractivity contribution is 0.0695. The Morgan fingerprint density at radius 3 is 2.73 bits per heavy atom. The fraction of sp³-hybridized carbons (Fsp3) is 0.182. The highest BCUT2D eigenvalue weighted by Crippen LogP contribution is 2.41. The molecule has 3 aromatic rings. The molecule has 2 N–H and O–H groups in total. The molecule has 4 rings (SSSR count). The van der Waals surface area contributed by atoms with Crippen molar-refractivity contribution in [2.24, 2.45) is 0 Å². The number of aromatic carboxylic acids is 1. The van der Waals surface area contributed by atoms with E-state index in [2.05, 4.69) is 15.3 Å². The number of benzene rings is 1. The molecule has 0 saturated heterocycles. The van der Waals surface area contributed by atoms with Crippen molar-refractivity contribution in [1.29, 1.82) is 0 Å². The molecule has 1 aliphatic heterocycles.